The van der Waals surface area contributed by atoms with Crippen molar-refractivity contribution >= 4 is 23.0 Å². The zero-order valence-electron chi connectivity index (χ0n) is 17.6. The summed E-state index contributed by atoms with van der Waals surface area (Å²) in [6.07, 6.45) is 8.80. The van der Waals surface area contributed by atoms with Gasteiger partial charge in [0.2, 0.25) is 0 Å². The van der Waals surface area contributed by atoms with Crippen LogP contribution in [-0.2, 0) is 21.5 Å². The van der Waals surface area contributed by atoms with E-state index < -0.39 is 22.9 Å². The molecule has 158 valence electrons. The molecule has 1 heterocycles. The molecule has 0 aliphatic carbocycles. The van der Waals surface area contributed by atoms with Gasteiger partial charge in [0, 0.05) is 5.56 Å². The Kier molecular flexibility index (Phi) is 9.45. The minimum absolute atomic E-state index is 0.430. The van der Waals surface area contributed by atoms with Crippen LogP contribution in [0.15, 0.2) is 18.2 Å². The molecule has 1 amide bonds. The summed E-state index contributed by atoms with van der Waals surface area (Å²) in [4.78, 5) is 11.6. The number of fused-ring (bicyclic) bond motifs is 1. The van der Waals surface area contributed by atoms with E-state index in [1.54, 1.807) is 0 Å². The highest BCUT2D eigenvalue weighted by Gasteiger charge is 2.33. The van der Waals surface area contributed by atoms with Gasteiger partial charge in [-0.3, -0.25) is 5.32 Å². The Morgan fingerprint density at radius 1 is 1.07 bits per heavy atom. The van der Waals surface area contributed by atoms with Crippen molar-refractivity contribution in [2.24, 2.45) is 0 Å². The molecule has 1 unspecified atom stereocenters. The van der Waals surface area contributed by atoms with Crippen molar-refractivity contribution in [1.82, 2.24) is 0 Å². The van der Waals surface area contributed by atoms with Gasteiger partial charge in [-0.25, -0.2) is 4.79 Å². The number of unbranched alkanes of at least 4 members (excludes halogenated alkanes) is 6. The van der Waals surface area contributed by atoms with Crippen LogP contribution in [0.5, 0.6) is 5.75 Å². The standard InChI is InChI=1S/C22H35NO4S/c1-4-5-6-7-8-10-15-28(25)16-11-9-14-26-18-12-13-20-19(17-18)22(2,3)27-21(24)23-20/h12-13,17H,4-11,14-16H2,1-3H3,(H,23,24). The topological polar surface area (TPSA) is 70.6 Å². The number of nitrogens with one attached hydrogen (secondary N) is 1. The molecule has 6 heteroatoms. The van der Waals surface area contributed by atoms with Gasteiger partial charge in [-0.05, 0) is 57.7 Å². The molecule has 0 saturated heterocycles. The van der Waals surface area contributed by atoms with Crippen LogP contribution in [-0.4, -0.2) is 28.8 Å². The number of cyclic esters (lactones) is 1. The van der Waals surface area contributed by atoms with Crippen molar-refractivity contribution < 1.29 is 18.8 Å². The Bertz CT molecular complexity index is 621. The van der Waals surface area contributed by atoms with E-state index in [9.17, 15) is 9.35 Å². The third-order valence-corrected chi connectivity index (χ3v) is 6.47. The highest BCUT2D eigenvalue weighted by Crippen LogP contribution is 2.37. The van der Waals surface area contributed by atoms with Crippen LogP contribution < -0.4 is 10.1 Å². The molecule has 0 bridgehead atoms. The van der Waals surface area contributed by atoms with Crippen LogP contribution in [0.3, 0.4) is 0 Å². The number of anilines is 1. The number of carbonyl (C=O) groups is 1. The molecule has 1 N–H and O–H groups in total. The molecule has 1 aromatic carbocycles. The van der Waals surface area contributed by atoms with E-state index in [1.807, 2.05) is 32.0 Å². The Hall–Kier alpha value is -1.40. The van der Waals surface area contributed by atoms with Gasteiger partial charge in [0.25, 0.3) is 0 Å². The molecule has 1 aliphatic heterocycles. The maximum atomic E-state index is 12.0. The molecule has 5 nitrogen and oxygen atoms in total. The fourth-order valence-electron chi connectivity index (χ4n) is 3.34. The van der Waals surface area contributed by atoms with Crippen LogP contribution in [0.1, 0.15) is 77.7 Å². The van der Waals surface area contributed by atoms with E-state index in [0.29, 0.717) is 6.61 Å². The summed E-state index contributed by atoms with van der Waals surface area (Å²) in [6.45, 7) is 6.56. The van der Waals surface area contributed by atoms with Crippen LogP contribution in [0.2, 0.25) is 0 Å². The number of rotatable bonds is 13. The number of amides is 1. The van der Waals surface area contributed by atoms with Gasteiger partial charge in [0.05, 0.1) is 12.3 Å². The van der Waals surface area contributed by atoms with Crippen LogP contribution in [0.4, 0.5) is 10.5 Å². The first-order valence-corrected chi connectivity index (χ1v) is 12.0. The molecular weight excluding hydrogens is 374 g/mol. The van der Waals surface area contributed by atoms with E-state index in [-0.39, 0.29) is 0 Å². The van der Waals surface area contributed by atoms with Gasteiger partial charge in [-0.15, -0.1) is 0 Å². The maximum Gasteiger partial charge on any atom is 0.412 e. The van der Waals surface area contributed by atoms with Crippen LogP contribution in [0, 0.1) is 0 Å². The first-order chi connectivity index (χ1) is 13.4. The fourth-order valence-corrected chi connectivity index (χ4v) is 4.60. The lowest BCUT2D eigenvalue weighted by Crippen LogP contribution is -2.34. The Morgan fingerprint density at radius 2 is 1.75 bits per heavy atom. The van der Waals surface area contributed by atoms with Crippen molar-refractivity contribution in [3.05, 3.63) is 23.8 Å². The van der Waals surface area contributed by atoms with Gasteiger partial charge >= 0.3 is 6.09 Å². The smallest absolute Gasteiger partial charge is 0.412 e. The number of carbonyl (C=O) groups excluding carboxylic acids is 1. The minimum atomic E-state index is -0.703. The zero-order chi connectivity index (χ0) is 20.4. The van der Waals surface area contributed by atoms with Gasteiger partial charge < -0.3 is 14.0 Å². The van der Waals surface area contributed by atoms with Crippen molar-refractivity contribution in [3.8, 4) is 5.75 Å². The molecular formula is C22H35NO4S. The summed E-state index contributed by atoms with van der Waals surface area (Å²) in [5.74, 6) is 2.35. The summed E-state index contributed by atoms with van der Waals surface area (Å²) in [5.41, 5.74) is 0.994. The quantitative estimate of drug-likeness (QED) is 0.332. The van der Waals surface area contributed by atoms with Crippen molar-refractivity contribution in [3.63, 3.8) is 0 Å². The molecule has 1 aliphatic rings. The van der Waals surface area contributed by atoms with Crippen LogP contribution >= 0.6 is 0 Å². The second-order valence-corrected chi connectivity index (χ2v) is 9.60. The van der Waals surface area contributed by atoms with E-state index in [0.717, 1.165) is 47.8 Å². The Labute approximate surface area is 172 Å². The minimum Gasteiger partial charge on any atom is -0.616 e. The third-order valence-electron chi connectivity index (χ3n) is 4.98. The normalized spacial score (nSPS) is 16.1. The van der Waals surface area contributed by atoms with Gasteiger partial charge in [0.1, 0.15) is 22.9 Å². The summed E-state index contributed by atoms with van der Waals surface area (Å²) < 4.78 is 23.2. The molecule has 2 rings (SSSR count). The lowest BCUT2D eigenvalue weighted by molar-refractivity contribution is 0.0418. The first kappa shape index (κ1) is 22.9. The van der Waals surface area contributed by atoms with E-state index >= 15 is 0 Å². The Morgan fingerprint density at radius 3 is 2.50 bits per heavy atom. The van der Waals surface area contributed by atoms with Gasteiger partial charge in [-0.1, -0.05) is 43.8 Å². The summed E-state index contributed by atoms with van der Waals surface area (Å²) in [5, 5.41) is 2.71. The fraction of sp³-hybridized carbons (Fsp3) is 0.682. The predicted molar refractivity (Wildman–Crippen MR) is 116 cm³/mol. The van der Waals surface area contributed by atoms with Crippen molar-refractivity contribution in [1.29, 1.82) is 0 Å². The Balaban J connectivity index is 1.62. The summed E-state index contributed by atoms with van der Waals surface area (Å²) in [7, 11) is 0. The lowest BCUT2D eigenvalue weighted by atomic mass is 9.94. The number of hydrogen-bond donors (Lipinski definition) is 1. The SMILES string of the molecule is CCCCCCCC[S+]([O-])CCCCOc1ccc2c(c1)C(C)(C)OC(=O)N2. The first-order valence-electron chi connectivity index (χ1n) is 10.5. The predicted octanol–water partition coefficient (Wildman–Crippen LogP) is 5.75. The molecule has 0 fully saturated rings. The molecule has 1 atom stereocenters. The van der Waals surface area contributed by atoms with E-state index in [4.69, 9.17) is 9.47 Å². The van der Waals surface area contributed by atoms with E-state index in [2.05, 4.69) is 12.2 Å². The molecule has 0 spiro atoms. The average Bonchev–Trinajstić information content (AvgIpc) is 2.64. The highest BCUT2D eigenvalue weighted by molar-refractivity contribution is 7.91. The zero-order valence-corrected chi connectivity index (χ0v) is 18.4. The lowest BCUT2D eigenvalue weighted by Gasteiger charge is -2.32. The number of benzene rings is 1. The number of ether oxygens (including phenoxy) is 2. The van der Waals surface area contributed by atoms with E-state index in [1.165, 1.54) is 32.1 Å². The van der Waals surface area contributed by atoms with Gasteiger partial charge in [-0.2, -0.15) is 0 Å². The second kappa shape index (κ2) is 11.6. The molecule has 0 saturated carbocycles. The third kappa shape index (κ3) is 7.55. The van der Waals surface area contributed by atoms with Crippen molar-refractivity contribution in [2.45, 2.75) is 77.7 Å². The average molecular weight is 410 g/mol. The summed E-state index contributed by atoms with van der Waals surface area (Å²) in [6, 6.07) is 5.63. The maximum absolute atomic E-state index is 12.0. The largest absolute Gasteiger partial charge is 0.616 e. The van der Waals surface area contributed by atoms with Crippen molar-refractivity contribution in [2.75, 3.05) is 23.4 Å². The molecule has 28 heavy (non-hydrogen) atoms. The monoisotopic (exact) mass is 409 g/mol. The molecule has 1 aromatic rings. The number of hydrogen-bond acceptors (Lipinski definition) is 4. The molecule has 0 radical (unpaired) electrons. The second-order valence-electron chi connectivity index (χ2n) is 7.90. The summed E-state index contributed by atoms with van der Waals surface area (Å²) >= 11 is -0.703. The van der Waals surface area contributed by atoms with Crippen LogP contribution in [0.25, 0.3) is 0 Å². The molecule has 0 aromatic heterocycles. The highest BCUT2D eigenvalue weighted by atomic mass is 32.2. The van der Waals surface area contributed by atoms with Gasteiger partial charge in [0.15, 0.2) is 0 Å².